The average molecular weight is 390 g/mol. The Bertz CT molecular complexity index is 1080. The number of halogens is 2. The number of aryl methyl sites for hydroxylation is 2. The lowest BCUT2D eigenvalue weighted by Crippen LogP contribution is -2.06. The number of aromatic nitrogens is 7. The van der Waals surface area contributed by atoms with E-state index in [0.717, 1.165) is 29.9 Å². The van der Waals surface area contributed by atoms with Crippen LogP contribution in [0.1, 0.15) is 24.7 Å². The summed E-state index contributed by atoms with van der Waals surface area (Å²) in [6.45, 7) is 2.68. The molecule has 0 atom stereocenters. The number of fused-ring (bicyclic) bond motifs is 1. The number of hydrogen-bond acceptors (Lipinski definition) is 4. The van der Waals surface area contributed by atoms with E-state index in [-0.39, 0.29) is 0 Å². The summed E-state index contributed by atoms with van der Waals surface area (Å²) in [5.74, 6) is 0.709. The van der Waals surface area contributed by atoms with Crippen LogP contribution in [0.15, 0.2) is 30.7 Å². The quantitative estimate of drug-likeness (QED) is 0.522. The minimum Gasteiger partial charge on any atom is -0.324 e. The number of nitrogens with zero attached hydrogens (tertiary/aromatic N) is 7. The minimum absolute atomic E-state index is 0.447. The van der Waals surface area contributed by atoms with Gasteiger partial charge in [-0.25, -0.2) is 14.5 Å². The van der Waals surface area contributed by atoms with E-state index >= 15 is 0 Å². The van der Waals surface area contributed by atoms with Gasteiger partial charge >= 0.3 is 0 Å². The second kappa shape index (κ2) is 6.74. The van der Waals surface area contributed by atoms with Crippen molar-refractivity contribution in [1.82, 2.24) is 33.9 Å². The summed E-state index contributed by atoms with van der Waals surface area (Å²) in [4.78, 5) is 9.18. The fourth-order valence-electron chi connectivity index (χ4n) is 3.04. The van der Waals surface area contributed by atoms with Crippen LogP contribution in [-0.4, -0.2) is 33.9 Å². The van der Waals surface area contributed by atoms with E-state index in [1.165, 1.54) is 0 Å². The van der Waals surface area contributed by atoms with Gasteiger partial charge in [0.25, 0.3) is 0 Å². The van der Waals surface area contributed by atoms with Crippen LogP contribution in [0.4, 0.5) is 0 Å². The highest BCUT2D eigenvalue weighted by Crippen LogP contribution is 2.26. The van der Waals surface area contributed by atoms with Crippen molar-refractivity contribution in [3.8, 4) is 11.5 Å². The second-order valence-corrected chi connectivity index (χ2v) is 6.85. The molecule has 0 aliphatic rings. The lowest BCUT2D eigenvalue weighted by Gasteiger charge is -2.07. The van der Waals surface area contributed by atoms with Crippen molar-refractivity contribution in [2.75, 3.05) is 0 Å². The minimum atomic E-state index is 0.447. The van der Waals surface area contributed by atoms with E-state index in [1.54, 1.807) is 23.1 Å². The first-order valence-electron chi connectivity index (χ1n) is 8.30. The lowest BCUT2D eigenvalue weighted by atomic mass is 10.2. The first-order valence-corrected chi connectivity index (χ1v) is 9.06. The molecule has 0 spiro atoms. The molecule has 0 aliphatic heterocycles. The molecule has 26 heavy (non-hydrogen) atoms. The Morgan fingerprint density at radius 1 is 1.15 bits per heavy atom. The second-order valence-electron chi connectivity index (χ2n) is 6.06. The Labute approximate surface area is 160 Å². The molecule has 4 aromatic rings. The third-order valence-corrected chi connectivity index (χ3v) is 4.62. The Balaban J connectivity index is 1.78. The van der Waals surface area contributed by atoms with Gasteiger partial charge in [0.2, 0.25) is 0 Å². The molecule has 9 heteroatoms. The highest BCUT2D eigenvalue weighted by atomic mass is 35.5. The molecule has 7 nitrogen and oxygen atoms in total. The normalized spacial score (nSPS) is 11.5. The molecule has 0 radical (unpaired) electrons. The van der Waals surface area contributed by atoms with E-state index < -0.39 is 0 Å². The molecule has 0 saturated carbocycles. The lowest BCUT2D eigenvalue weighted by molar-refractivity contribution is 0.734. The van der Waals surface area contributed by atoms with Gasteiger partial charge in [-0.3, -0.25) is 4.68 Å². The van der Waals surface area contributed by atoms with Gasteiger partial charge in [0.1, 0.15) is 10.8 Å². The molecule has 4 rings (SSSR count). The van der Waals surface area contributed by atoms with Crippen LogP contribution in [0.25, 0.3) is 17.2 Å². The maximum absolute atomic E-state index is 6.29. The van der Waals surface area contributed by atoms with E-state index in [2.05, 4.69) is 22.1 Å². The van der Waals surface area contributed by atoms with Gasteiger partial charge < -0.3 is 4.57 Å². The molecule has 0 N–H and O–H groups in total. The highest BCUT2D eigenvalue weighted by Gasteiger charge is 2.18. The Kier molecular flexibility index (Phi) is 4.42. The van der Waals surface area contributed by atoms with E-state index in [1.807, 2.05) is 28.4 Å². The van der Waals surface area contributed by atoms with Gasteiger partial charge in [-0.1, -0.05) is 36.5 Å². The van der Waals surface area contributed by atoms with Crippen LogP contribution in [0.2, 0.25) is 10.2 Å². The predicted octanol–water partition coefficient (Wildman–Crippen LogP) is 3.63. The molecule has 0 saturated heterocycles. The third-order valence-electron chi connectivity index (χ3n) is 4.14. The van der Waals surface area contributed by atoms with Crippen molar-refractivity contribution in [1.29, 1.82) is 0 Å². The molecule has 0 aromatic carbocycles. The van der Waals surface area contributed by atoms with Gasteiger partial charge in [-0.15, -0.1) is 0 Å². The topological polar surface area (TPSA) is 65.8 Å². The van der Waals surface area contributed by atoms with Crippen molar-refractivity contribution in [2.45, 2.75) is 26.3 Å². The fourth-order valence-corrected chi connectivity index (χ4v) is 3.44. The van der Waals surface area contributed by atoms with Crippen molar-refractivity contribution < 1.29 is 0 Å². The van der Waals surface area contributed by atoms with E-state index in [9.17, 15) is 0 Å². The summed E-state index contributed by atoms with van der Waals surface area (Å²) in [5, 5.41) is 9.83. The van der Waals surface area contributed by atoms with Gasteiger partial charge in [0.15, 0.2) is 11.5 Å². The van der Waals surface area contributed by atoms with Crippen molar-refractivity contribution in [2.24, 2.45) is 7.05 Å². The molecule has 134 valence electrons. The van der Waals surface area contributed by atoms with Crippen molar-refractivity contribution in [3.05, 3.63) is 52.3 Å². The maximum atomic E-state index is 6.29. The zero-order valence-electron chi connectivity index (χ0n) is 14.4. The van der Waals surface area contributed by atoms with Crippen molar-refractivity contribution >= 4 is 28.8 Å². The highest BCUT2D eigenvalue weighted by molar-refractivity contribution is 6.32. The van der Waals surface area contributed by atoms with Gasteiger partial charge in [0.05, 0.1) is 23.0 Å². The van der Waals surface area contributed by atoms with Gasteiger partial charge in [-0.2, -0.15) is 10.2 Å². The van der Waals surface area contributed by atoms with Crippen LogP contribution in [0.5, 0.6) is 0 Å². The van der Waals surface area contributed by atoms with Crippen LogP contribution in [0.3, 0.4) is 0 Å². The molecule has 4 heterocycles. The molecular formula is C17H17Cl2N7. The average Bonchev–Trinajstić information content (AvgIpc) is 3.27. The Morgan fingerprint density at radius 3 is 2.73 bits per heavy atom. The standard InChI is InChI=1S/C17H17Cl2N7/c1-3-4-13-12(21-15-6-5-14(19)22-26(13)15)10-25-8-7-20-17(25)16-11(18)9-24(2)23-16/h5-9H,3-4,10H2,1-2H3. The first-order chi connectivity index (χ1) is 12.6. The van der Waals surface area contributed by atoms with Gasteiger partial charge in [0, 0.05) is 25.6 Å². The first kappa shape index (κ1) is 17.1. The largest absolute Gasteiger partial charge is 0.324 e. The molecule has 0 aliphatic carbocycles. The maximum Gasteiger partial charge on any atom is 0.162 e. The number of hydrogen-bond donors (Lipinski definition) is 0. The number of imidazole rings is 2. The summed E-state index contributed by atoms with van der Waals surface area (Å²) >= 11 is 12.4. The molecular weight excluding hydrogens is 373 g/mol. The predicted molar refractivity (Wildman–Crippen MR) is 101 cm³/mol. The van der Waals surface area contributed by atoms with Crippen LogP contribution >= 0.6 is 23.2 Å². The van der Waals surface area contributed by atoms with Crippen LogP contribution in [-0.2, 0) is 20.0 Å². The molecule has 0 fully saturated rings. The smallest absolute Gasteiger partial charge is 0.162 e. The summed E-state index contributed by atoms with van der Waals surface area (Å²) in [6.07, 6.45) is 7.25. The summed E-state index contributed by atoms with van der Waals surface area (Å²) in [7, 11) is 1.83. The Hall–Kier alpha value is -2.38. The zero-order valence-corrected chi connectivity index (χ0v) is 15.9. The summed E-state index contributed by atoms with van der Waals surface area (Å²) in [6, 6.07) is 3.63. The number of rotatable bonds is 5. The van der Waals surface area contributed by atoms with Crippen LogP contribution in [0, 0.1) is 0 Å². The fraction of sp³-hybridized carbons (Fsp3) is 0.294. The van der Waals surface area contributed by atoms with Crippen molar-refractivity contribution in [3.63, 3.8) is 0 Å². The molecule has 0 unspecified atom stereocenters. The third kappa shape index (κ3) is 2.97. The van der Waals surface area contributed by atoms with Gasteiger partial charge in [-0.05, 0) is 18.6 Å². The molecule has 4 aromatic heterocycles. The molecule has 0 amide bonds. The molecule has 0 bridgehead atoms. The van der Waals surface area contributed by atoms with E-state index in [4.69, 9.17) is 28.2 Å². The van der Waals surface area contributed by atoms with Crippen LogP contribution < -0.4 is 0 Å². The Morgan fingerprint density at radius 2 is 2.00 bits per heavy atom. The zero-order chi connectivity index (χ0) is 18.3. The monoisotopic (exact) mass is 389 g/mol. The van der Waals surface area contributed by atoms with E-state index in [0.29, 0.717) is 28.2 Å². The summed E-state index contributed by atoms with van der Waals surface area (Å²) in [5.41, 5.74) is 3.43. The summed E-state index contributed by atoms with van der Waals surface area (Å²) < 4.78 is 5.50. The SMILES string of the molecule is CCCc1c(Cn2ccnc2-c2nn(C)cc2Cl)nc2ccc(Cl)nn12.